The van der Waals surface area contributed by atoms with Crippen LogP contribution in [0.2, 0.25) is 0 Å². The van der Waals surface area contributed by atoms with Gasteiger partial charge in [-0.3, -0.25) is 0 Å². The minimum Gasteiger partial charge on any atom is -0.214 e. The molecule has 0 aliphatic rings. The van der Waals surface area contributed by atoms with Crippen LogP contribution in [0.5, 0.6) is 0 Å². The molecule has 0 N–H and O–H groups in total. The number of hydrogen-bond acceptors (Lipinski definition) is 0. The molecule has 0 fully saturated rings. The van der Waals surface area contributed by atoms with E-state index in [1.807, 2.05) is 121 Å². The van der Waals surface area contributed by atoms with Gasteiger partial charge in [-0.25, -0.2) is 24.3 Å². The van der Waals surface area contributed by atoms with Crippen molar-refractivity contribution in [1.29, 1.82) is 0 Å². The number of rotatable bonds is 0. The van der Waals surface area contributed by atoms with E-state index < -0.39 is 0 Å². The standard InChI is InChI=1S/2C6H5.2C5H5.CH2.Ti/c2*1-2-4-6-5-3-1;2*1-2-4-5-3-1;;/h2*1-5H;2*1-5H;1H2;/q4*-1;;. The van der Waals surface area contributed by atoms with E-state index in [4.69, 9.17) is 0 Å². The second kappa shape index (κ2) is 20.7. The Balaban J connectivity index is 0.000000285. The molecule has 0 aromatic heterocycles. The Morgan fingerprint density at radius 2 is 0.750 bits per heavy atom. The summed E-state index contributed by atoms with van der Waals surface area (Å²) in [5.41, 5.74) is 0. The van der Waals surface area contributed by atoms with E-state index >= 15 is 0 Å². The average molecular weight is 346 g/mol. The van der Waals surface area contributed by atoms with Gasteiger partial charge in [-0.1, -0.05) is 0 Å². The maximum Gasteiger partial charge on any atom is -0.171 e. The van der Waals surface area contributed by atoms with Gasteiger partial charge in [0.05, 0.1) is 0 Å². The average Bonchev–Trinajstić information content (AvgIpc) is 3.45. The van der Waals surface area contributed by atoms with Gasteiger partial charge in [-0.15, -0.1) is 0 Å². The summed E-state index contributed by atoms with van der Waals surface area (Å²) in [7, 11) is 0. The molecule has 0 atom stereocenters. The third kappa shape index (κ3) is 17.8. The zero-order valence-electron chi connectivity index (χ0n) is 13.8. The molecule has 0 aliphatic heterocycles. The predicted octanol–water partition coefficient (Wildman–Crippen LogP) is 5.75. The van der Waals surface area contributed by atoms with E-state index in [-0.39, 0.29) is 0 Å². The molecule has 0 aliphatic carbocycles. The van der Waals surface area contributed by atoms with Crippen LogP contribution in [0, 0.1) is 12.1 Å². The molecule has 0 bridgehead atoms. The Kier molecular flexibility index (Phi) is 18.8. The van der Waals surface area contributed by atoms with Gasteiger partial charge in [0.25, 0.3) is 0 Å². The van der Waals surface area contributed by atoms with E-state index in [9.17, 15) is 0 Å². The third-order valence-corrected chi connectivity index (χ3v) is 2.33. The van der Waals surface area contributed by atoms with Crippen molar-refractivity contribution in [3.8, 4) is 0 Å². The molecular formula is C23H22Ti-4. The van der Waals surface area contributed by atoms with Gasteiger partial charge >= 0.3 is 24.8 Å². The largest absolute Gasteiger partial charge is 0.214 e. The third-order valence-electron chi connectivity index (χ3n) is 2.33. The maximum absolute atomic E-state index is 3.25. The zero-order valence-corrected chi connectivity index (χ0v) is 15.3. The van der Waals surface area contributed by atoms with Gasteiger partial charge in [-0.2, -0.15) is 109 Å². The molecule has 0 amide bonds. The van der Waals surface area contributed by atoms with E-state index in [0.717, 1.165) is 0 Å². The zero-order chi connectivity index (χ0) is 17.6. The minimum atomic E-state index is 1.75. The number of benzene rings is 2. The van der Waals surface area contributed by atoms with Gasteiger partial charge in [0.1, 0.15) is 0 Å². The van der Waals surface area contributed by atoms with Crippen molar-refractivity contribution in [1.82, 2.24) is 0 Å². The topological polar surface area (TPSA) is 0 Å². The SMILES string of the molecule is [CH2]=[Ti].[c-]1ccccc1.[c-]1ccccc1.c1cc[cH-]c1.c1cc[cH-]c1. The molecule has 0 spiro atoms. The molecule has 0 heterocycles. The fourth-order valence-corrected chi connectivity index (χ4v) is 1.33. The Bertz CT molecular complexity index is 450. The van der Waals surface area contributed by atoms with Crippen molar-refractivity contribution in [2.45, 2.75) is 0 Å². The molecule has 0 saturated carbocycles. The van der Waals surface area contributed by atoms with E-state index in [1.165, 1.54) is 0 Å². The van der Waals surface area contributed by atoms with Crippen LogP contribution >= 0.6 is 0 Å². The first-order chi connectivity index (χ1) is 12.0. The van der Waals surface area contributed by atoms with Crippen molar-refractivity contribution >= 4 is 4.82 Å². The molecule has 0 radical (unpaired) electrons. The summed E-state index contributed by atoms with van der Waals surface area (Å²) in [5, 5.41) is 0. The van der Waals surface area contributed by atoms with Gasteiger partial charge in [0.2, 0.25) is 0 Å². The molecule has 0 saturated heterocycles. The molecule has 4 rings (SSSR count). The second-order valence-corrected chi connectivity index (χ2v) is 4.08. The molecule has 24 heavy (non-hydrogen) atoms. The van der Waals surface area contributed by atoms with Crippen LogP contribution in [0.4, 0.5) is 0 Å². The summed E-state index contributed by atoms with van der Waals surface area (Å²) in [6.07, 6.45) is 0. The van der Waals surface area contributed by atoms with Crippen molar-refractivity contribution in [2.24, 2.45) is 0 Å². The minimum absolute atomic E-state index is 1.75. The van der Waals surface area contributed by atoms with Crippen molar-refractivity contribution in [2.75, 3.05) is 0 Å². The molecule has 1 heteroatoms. The Morgan fingerprint density at radius 1 is 0.458 bits per heavy atom. The monoisotopic (exact) mass is 346 g/mol. The van der Waals surface area contributed by atoms with Crippen LogP contribution in [-0.4, -0.2) is 4.82 Å². The molecule has 0 nitrogen and oxygen atoms in total. The summed E-state index contributed by atoms with van der Waals surface area (Å²) in [5.74, 6) is 0. The summed E-state index contributed by atoms with van der Waals surface area (Å²) < 4.78 is 0. The summed E-state index contributed by atoms with van der Waals surface area (Å²) in [6, 6.07) is 45.0. The number of hydrogen-bond donors (Lipinski definition) is 0. The van der Waals surface area contributed by atoms with Gasteiger partial charge in [0, 0.05) is 0 Å². The van der Waals surface area contributed by atoms with E-state index in [2.05, 4.69) is 16.9 Å². The van der Waals surface area contributed by atoms with Crippen LogP contribution in [0.1, 0.15) is 0 Å². The quantitative estimate of drug-likeness (QED) is 0.281. The van der Waals surface area contributed by atoms with Crippen LogP contribution in [-0.2, 0) is 20.0 Å². The fraction of sp³-hybridized carbons (Fsp3) is 0. The van der Waals surface area contributed by atoms with Gasteiger partial charge in [0.15, 0.2) is 0 Å². The smallest absolute Gasteiger partial charge is 0.171 e. The van der Waals surface area contributed by atoms with E-state index in [0.29, 0.717) is 0 Å². The predicted molar refractivity (Wildman–Crippen MR) is 102 cm³/mol. The normalized spacial score (nSPS) is 7.46. The van der Waals surface area contributed by atoms with Crippen molar-refractivity contribution < 1.29 is 20.0 Å². The van der Waals surface area contributed by atoms with Crippen LogP contribution < -0.4 is 0 Å². The molecule has 122 valence electrons. The first-order valence-electron chi connectivity index (χ1n) is 7.51. The van der Waals surface area contributed by atoms with Gasteiger partial charge < -0.3 is 0 Å². The summed E-state index contributed by atoms with van der Waals surface area (Å²) in [4.78, 5) is 3.25. The van der Waals surface area contributed by atoms with Gasteiger partial charge in [-0.05, 0) is 0 Å². The van der Waals surface area contributed by atoms with E-state index in [1.54, 1.807) is 20.0 Å². The summed E-state index contributed by atoms with van der Waals surface area (Å²) in [6.45, 7) is 0. The van der Waals surface area contributed by atoms with Crippen molar-refractivity contribution in [3.63, 3.8) is 0 Å². The Morgan fingerprint density at radius 3 is 0.833 bits per heavy atom. The Labute approximate surface area is 158 Å². The first kappa shape index (κ1) is 21.7. The fourth-order valence-electron chi connectivity index (χ4n) is 1.33. The Hall–Kier alpha value is -2.28. The maximum atomic E-state index is 3.25. The molecular weight excluding hydrogens is 324 g/mol. The van der Waals surface area contributed by atoms with Crippen LogP contribution in [0.15, 0.2) is 121 Å². The summed E-state index contributed by atoms with van der Waals surface area (Å²) >= 11 is 1.75. The van der Waals surface area contributed by atoms with Crippen molar-refractivity contribution in [3.05, 3.63) is 133 Å². The molecule has 0 unspecified atom stereocenters. The molecule has 4 aromatic rings. The van der Waals surface area contributed by atoms with Crippen LogP contribution in [0.3, 0.4) is 0 Å². The molecule has 4 aromatic carbocycles. The first-order valence-corrected chi connectivity index (χ1v) is 8.61. The van der Waals surface area contributed by atoms with Crippen LogP contribution in [0.25, 0.3) is 0 Å². The second-order valence-electron chi connectivity index (χ2n) is 4.08.